The fourth-order valence-electron chi connectivity index (χ4n) is 2.55. The van der Waals surface area contributed by atoms with E-state index in [-0.39, 0.29) is 7.43 Å². The van der Waals surface area contributed by atoms with Gasteiger partial charge in [-0.1, -0.05) is 37.8 Å². The van der Waals surface area contributed by atoms with Gasteiger partial charge in [0, 0.05) is 12.0 Å². The van der Waals surface area contributed by atoms with Crippen LogP contribution in [0.1, 0.15) is 18.6 Å². The Morgan fingerprint density at radius 2 is 1.67 bits per heavy atom. The van der Waals surface area contributed by atoms with Crippen molar-refractivity contribution in [2.45, 2.75) is 13.8 Å². The number of methoxy groups -OCH3 is 2. The minimum atomic E-state index is 0. The molecular formula is C16H18O2. The Morgan fingerprint density at radius 1 is 0.889 bits per heavy atom. The van der Waals surface area contributed by atoms with Crippen molar-refractivity contribution in [1.29, 1.82) is 0 Å². The first-order valence-electron chi connectivity index (χ1n) is 5.67. The molecule has 94 valence electrons. The highest BCUT2D eigenvalue weighted by atomic mass is 16.5. The second-order valence-corrected chi connectivity index (χ2v) is 4.16. The van der Waals surface area contributed by atoms with E-state index in [1.807, 2.05) is 6.07 Å². The van der Waals surface area contributed by atoms with E-state index < -0.39 is 0 Å². The fourth-order valence-corrected chi connectivity index (χ4v) is 2.55. The van der Waals surface area contributed by atoms with Crippen LogP contribution < -0.4 is 9.47 Å². The Hall–Kier alpha value is -1.96. The SMILES string of the molecule is C.COc1ccc2c(c1OC)Cc1ccccc1-2. The van der Waals surface area contributed by atoms with E-state index >= 15 is 0 Å². The zero-order valence-electron chi connectivity index (χ0n) is 9.99. The van der Waals surface area contributed by atoms with E-state index in [1.54, 1.807) is 14.2 Å². The van der Waals surface area contributed by atoms with Crippen molar-refractivity contribution in [2.24, 2.45) is 0 Å². The van der Waals surface area contributed by atoms with Crippen LogP contribution in [0.25, 0.3) is 11.1 Å². The van der Waals surface area contributed by atoms with Gasteiger partial charge in [0.05, 0.1) is 14.2 Å². The van der Waals surface area contributed by atoms with E-state index in [1.165, 1.54) is 22.3 Å². The van der Waals surface area contributed by atoms with Gasteiger partial charge in [-0.2, -0.15) is 0 Å². The lowest BCUT2D eigenvalue weighted by Gasteiger charge is -2.11. The molecule has 0 bridgehead atoms. The summed E-state index contributed by atoms with van der Waals surface area (Å²) in [6.07, 6.45) is 0.922. The molecule has 0 amide bonds. The fraction of sp³-hybridized carbons (Fsp3) is 0.250. The van der Waals surface area contributed by atoms with Gasteiger partial charge in [0.1, 0.15) is 0 Å². The predicted octanol–water partition coefficient (Wildman–Crippen LogP) is 3.91. The Morgan fingerprint density at radius 3 is 2.39 bits per heavy atom. The van der Waals surface area contributed by atoms with E-state index in [2.05, 4.69) is 30.3 Å². The van der Waals surface area contributed by atoms with Crippen LogP contribution in [0.15, 0.2) is 36.4 Å². The van der Waals surface area contributed by atoms with Crippen LogP contribution in [0.5, 0.6) is 11.5 Å². The molecule has 0 N–H and O–H groups in total. The molecule has 3 rings (SSSR count). The molecule has 2 aromatic rings. The molecular weight excluding hydrogens is 224 g/mol. The van der Waals surface area contributed by atoms with Crippen LogP contribution in [0.2, 0.25) is 0 Å². The standard InChI is InChI=1S/C15H14O2.CH4/c1-16-14-8-7-12-11-6-4-3-5-10(11)9-13(12)15(14)17-2;/h3-8H,9H2,1-2H3;1H4. The molecule has 2 nitrogen and oxygen atoms in total. The lowest BCUT2D eigenvalue weighted by Crippen LogP contribution is -1.95. The first-order chi connectivity index (χ1) is 8.35. The van der Waals surface area contributed by atoms with Gasteiger partial charge < -0.3 is 9.47 Å². The molecule has 0 spiro atoms. The molecule has 2 aromatic carbocycles. The molecule has 1 aliphatic carbocycles. The van der Waals surface area contributed by atoms with Gasteiger partial charge in [0.2, 0.25) is 0 Å². The molecule has 0 unspecified atom stereocenters. The van der Waals surface area contributed by atoms with Gasteiger partial charge in [0.15, 0.2) is 11.5 Å². The molecule has 0 fully saturated rings. The molecule has 2 heteroatoms. The molecule has 0 aromatic heterocycles. The summed E-state index contributed by atoms with van der Waals surface area (Å²) in [5, 5.41) is 0. The van der Waals surface area contributed by atoms with Gasteiger partial charge in [-0.15, -0.1) is 0 Å². The summed E-state index contributed by atoms with van der Waals surface area (Å²) in [5.41, 5.74) is 5.16. The quantitative estimate of drug-likeness (QED) is 0.678. The molecule has 0 saturated heterocycles. The molecule has 0 heterocycles. The molecule has 0 radical (unpaired) electrons. The summed E-state index contributed by atoms with van der Waals surface area (Å²) >= 11 is 0. The Kier molecular flexibility index (Phi) is 3.28. The Bertz CT molecular complexity index is 573. The first-order valence-corrected chi connectivity index (χ1v) is 5.67. The molecule has 18 heavy (non-hydrogen) atoms. The number of ether oxygens (including phenoxy) is 2. The van der Waals surface area contributed by atoms with Gasteiger partial charge in [0.25, 0.3) is 0 Å². The first kappa shape index (κ1) is 12.5. The van der Waals surface area contributed by atoms with Crippen molar-refractivity contribution in [2.75, 3.05) is 14.2 Å². The van der Waals surface area contributed by atoms with Crippen LogP contribution in [0, 0.1) is 0 Å². The maximum atomic E-state index is 5.49. The van der Waals surface area contributed by atoms with Gasteiger partial charge >= 0.3 is 0 Å². The lowest BCUT2D eigenvalue weighted by molar-refractivity contribution is 0.352. The average molecular weight is 242 g/mol. The third-order valence-electron chi connectivity index (χ3n) is 3.32. The van der Waals surface area contributed by atoms with Crippen molar-refractivity contribution in [3.05, 3.63) is 47.5 Å². The number of hydrogen-bond acceptors (Lipinski definition) is 2. The summed E-state index contributed by atoms with van der Waals surface area (Å²) in [6, 6.07) is 12.6. The molecule has 0 atom stereocenters. The maximum absolute atomic E-state index is 5.49. The Balaban J connectivity index is 0.00000120. The minimum Gasteiger partial charge on any atom is -0.493 e. The summed E-state index contributed by atoms with van der Waals surface area (Å²) in [5.74, 6) is 1.67. The maximum Gasteiger partial charge on any atom is 0.164 e. The van der Waals surface area contributed by atoms with E-state index in [9.17, 15) is 0 Å². The molecule has 0 saturated carbocycles. The third-order valence-corrected chi connectivity index (χ3v) is 3.32. The summed E-state index contributed by atoms with van der Waals surface area (Å²) < 4.78 is 10.8. The van der Waals surface area contributed by atoms with Crippen LogP contribution in [0.3, 0.4) is 0 Å². The minimum absolute atomic E-state index is 0. The normalized spacial score (nSPS) is 11.2. The molecule has 1 aliphatic rings. The highest BCUT2D eigenvalue weighted by Crippen LogP contribution is 2.45. The lowest BCUT2D eigenvalue weighted by atomic mass is 10.1. The van der Waals surface area contributed by atoms with Crippen LogP contribution >= 0.6 is 0 Å². The number of fused-ring (bicyclic) bond motifs is 3. The highest BCUT2D eigenvalue weighted by molar-refractivity contribution is 5.80. The molecule has 0 aliphatic heterocycles. The number of rotatable bonds is 2. The van der Waals surface area contributed by atoms with E-state index in [0.29, 0.717) is 0 Å². The average Bonchev–Trinajstić information content (AvgIpc) is 2.75. The number of benzene rings is 2. The largest absolute Gasteiger partial charge is 0.493 e. The monoisotopic (exact) mass is 242 g/mol. The zero-order valence-corrected chi connectivity index (χ0v) is 9.99. The van der Waals surface area contributed by atoms with Crippen molar-refractivity contribution in [3.63, 3.8) is 0 Å². The van der Waals surface area contributed by atoms with Crippen LogP contribution in [-0.4, -0.2) is 14.2 Å². The van der Waals surface area contributed by atoms with Crippen molar-refractivity contribution >= 4 is 0 Å². The topological polar surface area (TPSA) is 18.5 Å². The third kappa shape index (κ3) is 1.65. The van der Waals surface area contributed by atoms with Crippen molar-refractivity contribution < 1.29 is 9.47 Å². The second kappa shape index (κ2) is 4.73. The van der Waals surface area contributed by atoms with Crippen molar-refractivity contribution in [1.82, 2.24) is 0 Å². The highest BCUT2D eigenvalue weighted by Gasteiger charge is 2.23. The smallest absolute Gasteiger partial charge is 0.164 e. The summed E-state index contributed by atoms with van der Waals surface area (Å²) in [6.45, 7) is 0. The second-order valence-electron chi connectivity index (χ2n) is 4.16. The van der Waals surface area contributed by atoms with Crippen molar-refractivity contribution in [3.8, 4) is 22.6 Å². The summed E-state index contributed by atoms with van der Waals surface area (Å²) in [4.78, 5) is 0. The van der Waals surface area contributed by atoms with Crippen LogP contribution in [-0.2, 0) is 6.42 Å². The zero-order chi connectivity index (χ0) is 11.8. The van der Waals surface area contributed by atoms with E-state index in [0.717, 1.165) is 17.9 Å². The summed E-state index contributed by atoms with van der Waals surface area (Å²) in [7, 11) is 3.37. The Labute approximate surface area is 108 Å². The van der Waals surface area contributed by atoms with Gasteiger partial charge in [-0.25, -0.2) is 0 Å². The van der Waals surface area contributed by atoms with E-state index in [4.69, 9.17) is 9.47 Å². The predicted molar refractivity (Wildman–Crippen MR) is 74.5 cm³/mol. The van der Waals surface area contributed by atoms with Crippen LogP contribution in [0.4, 0.5) is 0 Å². The van der Waals surface area contributed by atoms with Gasteiger partial charge in [-0.05, 0) is 22.8 Å². The van der Waals surface area contributed by atoms with Gasteiger partial charge in [-0.3, -0.25) is 0 Å². The number of hydrogen-bond donors (Lipinski definition) is 0.